The van der Waals surface area contributed by atoms with E-state index in [1.165, 1.54) is 0 Å². The molecule has 2 saturated heterocycles. The van der Waals surface area contributed by atoms with Gasteiger partial charge in [0.05, 0.1) is 16.6 Å². The van der Waals surface area contributed by atoms with E-state index in [0.717, 1.165) is 80.1 Å². The topological polar surface area (TPSA) is 133 Å². The van der Waals surface area contributed by atoms with E-state index in [4.69, 9.17) is 0 Å². The number of thioether (sulfide) groups is 2. The van der Waals surface area contributed by atoms with Gasteiger partial charge in [0.25, 0.3) is 22.3 Å². The first-order valence-electron chi connectivity index (χ1n) is 20.8. The van der Waals surface area contributed by atoms with E-state index in [0.29, 0.717) is 36.4 Å². The molecule has 0 aliphatic carbocycles. The summed E-state index contributed by atoms with van der Waals surface area (Å²) in [6.07, 6.45) is 3.43. The Hall–Kier alpha value is -7.02. The number of carbonyl (C=O) groups is 6. The minimum absolute atomic E-state index is 0.0283. The number of hydrogen-bond donors (Lipinski definition) is 2. The molecule has 2 heterocycles. The third kappa shape index (κ3) is 11.9. The molecule has 10 nitrogen and oxygen atoms in total. The zero-order valence-corrected chi connectivity index (χ0v) is 37.0. The van der Waals surface area contributed by atoms with Gasteiger partial charge in [-0.1, -0.05) is 146 Å². The highest BCUT2D eigenvalue weighted by Crippen LogP contribution is 2.29. The van der Waals surface area contributed by atoms with E-state index in [-0.39, 0.29) is 39.4 Å². The molecular weight excluding hydrogens is 841 g/mol. The zero-order chi connectivity index (χ0) is 45.0. The third-order valence-corrected chi connectivity index (χ3v) is 12.4. The van der Waals surface area contributed by atoms with Crippen molar-refractivity contribution in [3.8, 4) is 22.3 Å². The van der Waals surface area contributed by atoms with Crippen molar-refractivity contribution in [2.75, 3.05) is 18.5 Å². The Balaban J connectivity index is 0.000000192. The third-order valence-electron chi connectivity index (χ3n) is 10.6. The fraction of sp³-hybridized carbons (Fsp3) is 0.154. The molecule has 6 amide bonds. The van der Waals surface area contributed by atoms with Crippen LogP contribution in [0.5, 0.6) is 0 Å². The molecule has 0 saturated carbocycles. The van der Waals surface area contributed by atoms with Crippen LogP contribution >= 0.6 is 23.5 Å². The maximum absolute atomic E-state index is 13.0. The Morgan fingerprint density at radius 3 is 1.84 bits per heavy atom. The smallest absolute Gasteiger partial charge is 0.290 e. The summed E-state index contributed by atoms with van der Waals surface area (Å²) < 4.78 is 0. The van der Waals surface area contributed by atoms with E-state index < -0.39 is 0 Å². The number of amides is 6. The van der Waals surface area contributed by atoms with Crippen molar-refractivity contribution >= 4 is 69.4 Å². The number of nitrogens with zero attached hydrogens (tertiary/aromatic N) is 2. The van der Waals surface area contributed by atoms with E-state index in [2.05, 4.69) is 23.6 Å². The van der Waals surface area contributed by atoms with Crippen molar-refractivity contribution in [1.82, 2.24) is 15.5 Å². The number of carbonyl (C=O) groups excluding carboxylic acids is 6. The van der Waals surface area contributed by atoms with Crippen molar-refractivity contribution in [1.29, 1.82) is 0 Å². The van der Waals surface area contributed by atoms with Crippen LogP contribution in [0, 0.1) is 0 Å². The van der Waals surface area contributed by atoms with Crippen LogP contribution in [0.15, 0.2) is 163 Å². The second kappa shape index (κ2) is 21.4. The molecule has 0 bridgehead atoms. The average molecular weight is 887 g/mol. The van der Waals surface area contributed by atoms with Crippen LogP contribution in [0.1, 0.15) is 46.0 Å². The molecule has 0 radical (unpaired) electrons. The summed E-state index contributed by atoms with van der Waals surface area (Å²) in [7, 11) is 1.79. The number of hydrogen-bond acceptors (Lipinski definition) is 8. The van der Waals surface area contributed by atoms with E-state index in [9.17, 15) is 28.8 Å². The quantitative estimate of drug-likeness (QED) is 0.110. The van der Waals surface area contributed by atoms with Crippen molar-refractivity contribution in [3.05, 3.63) is 190 Å². The minimum Gasteiger partial charge on any atom is -0.334 e. The van der Waals surface area contributed by atoms with Crippen LogP contribution in [0.3, 0.4) is 0 Å². The molecule has 8 rings (SSSR count). The van der Waals surface area contributed by atoms with Gasteiger partial charge in [0, 0.05) is 31.4 Å². The lowest BCUT2D eigenvalue weighted by Gasteiger charge is -2.22. The van der Waals surface area contributed by atoms with E-state index >= 15 is 0 Å². The summed E-state index contributed by atoms with van der Waals surface area (Å²) in [6, 6.07) is 50.9. The highest BCUT2D eigenvalue weighted by molar-refractivity contribution is 8.18. The number of imide groups is 2. The van der Waals surface area contributed by atoms with Gasteiger partial charge in [-0.25, -0.2) is 0 Å². The van der Waals surface area contributed by atoms with Gasteiger partial charge in [-0.3, -0.25) is 39.4 Å². The maximum Gasteiger partial charge on any atom is 0.290 e. The van der Waals surface area contributed by atoms with Crippen LogP contribution in [-0.4, -0.2) is 57.8 Å². The largest absolute Gasteiger partial charge is 0.334 e. The molecule has 322 valence electrons. The Morgan fingerprint density at radius 1 is 0.641 bits per heavy atom. The number of para-hydroxylation sites is 1. The summed E-state index contributed by atoms with van der Waals surface area (Å²) in [5.74, 6) is -0.520. The van der Waals surface area contributed by atoms with Crippen molar-refractivity contribution in [2.24, 2.45) is 0 Å². The molecule has 0 spiro atoms. The average Bonchev–Trinajstić information content (AvgIpc) is 3.82. The first-order valence-corrected chi connectivity index (χ1v) is 22.5. The standard InChI is InChI=1S/C27H24N2O3S.C25H22N2O3S/c1-2-15-29(26(31)22-8-4-3-5-9-22)18-20-7-6-10-23(16-20)21-13-11-19(12-14-21)17-24-25(30)28-27(32)33-24;1-27(21-8-3-2-4-9-21)23(28)16-18-6-5-7-20(14-18)19-12-10-17(11-13-19)15-22-24(29)26-25(30)31-22/h3-14,16-17H,2,15,18H2,1H3,(H,28,30,32);2-14,22H,15-16H2,1H3,(H,26,29,30). The molecule has 1 unspecified atom stereocenters. The SMILES string of the molecule is CCCN(Cc1cccc(-c2ccc(C=C3SC(=O)NC3=O)cc2)c1)C(=O)c1ccccc1.CN(C(=O)Cc1cccc(-c2ccc(CC3SC(=O)NC3=O)cc2)c1)c1ccccc1. The highest BCUT2D eigenvalue weighted by atomic mass is 32.2. The molecule has 2 fully saturated rings. The van der Waals surface area contributed by atoms with Crippen LogP contribution < -0.4 is 15.5 Å². The summed E-state index contributed by atoms with van der Waals surface area (Å²) >= 11 is 1.95. The number of nitrogens with one attached hydrogen (secondary N) is 2. The van der Waals surface area contributed by atoms with E-state index in [1.54, 1.807) is 18.0 Å². The van der Waals surface area contributed by atoms with Gasteiger partial charge in [0.1, 0.15) is 0 Å². The fourth-order valence-corrected chi connectivity index (χ4v) is 8.77. The lowest BCUT2D eigenvalue weighted by Crippen LogP contribution is -2.31. The Morgan fingerprint density at radius 2 is 1.25 bits per heavy atom. The van der Waals surface area contributed by atoms with Gasteiger partial charge in [0.15, 0.2) is 0 Å². The van der Waals surface area contributed by atoms with Gasteiger partial charge in [0.2, 0.25) is 11.8 Å². The molecule has 2 aliphatic heterocycles. The first kappa shape index (κ1) is 45.0. The second-order valence-electron chi connectivity index (χ2n) is 15.2. The van der Waals surface area contributed by atoms with E-state index in [1.807, 2.05) is 157 Å². The van der Waals surface area contributed by atoms with Crippen LogP contribution in [-0.2, 0) is 33.8 Å². The van der Waals surface area contributed by atoms with Crippen LogP contribution in [0.4, 0.5) is 15.3 Å². The van der Waals surface area contributed by atoms with Gasteiger partial charge in [-0.2, -0.15) is 0 Å². The summed E-state index contributed by atoms with van der Waals surface area (Å²) in [4.78, 5) is 75.8. The Bertz CT molecular complexity index is 2690. The predicted octanol–water partition coefficient (Wildman–Crippen LogP) is 10.2. The molecule has 2 N–H and O–H groups in total. The molecule has 6 aromatic carbocycles. The van der Waals surface area contributed by atoms with Crippen molar-refractivity contribution < 1.29 is 28.8 Å². The lowest BCUT2D eigenvalue weighted by atomic mass is 9.99. The number of anilines is 1. The Kier molecular flexibility index (Phi) is 15.0. The monoisotopic (exact) mass is 886 g/mol. The summed E-state index contributed by atoms with van der Waals surface area (Å²) in [5, 5.41) is 3.59. The zero-order valence-electron chi connectivity index (χ0n) is 35.4. The summed E-state index contributed by atoms with van der Waals surface area (Å²) in [6.45, 7) is 3.30. The molecule has 0 aromatic heterocycles. The number of benzene rings is 6. The molecular formula is C52H46N4O6S2. The molecule has 6 aromatic rings. The molecule has 2 aliphatic rings. The van der Waals surface area contributed by atoms with Crippen LogP contribution in [0.25, 0.3) is 28.3 Å². The van der Waals surface area contributed by atoms with Crippen molar-refractivity contribution in [3.63, 3.8) is 0 Å². The summed E-state index contributed by atoms with van der Waals surface area (Å²) in [5.41, 5.74) is 9.59. The predicted molar refractivity (Wildman–Crippen MR) is 257 cm³/mol. The maximum atomic E-state index is 13.0. The van der Waals surface area contributed by atoms with Gasteiger partial charge in [-0.15, -0.1) is 0 Å². The molecule has 1 atom stereocenters. The Labute approximate surface area is 381 Å². The minimum atomic E-state index is -0.366. The van der Waals surface area contributed by atoms with Gasteiger partial charge < -0.3 is 9.80 Å². The number of rotatable bonds is 13. The second-order valence-corrected chi connectivity index (χ2v) is 17.4. The highest BCUT2D eigenvalue weighted by Gasteiger charge is 2.31. The van der Waals surface area contributed by atoms with Gasteiger partial charge >= 0.3 is 0 Å². The van der Waals surface area contributed by atoms with Crippen molar-refractivity contribution in [2.45, 2.75) is 38.0 Å². The first-order chi connectivity index (χ1) is 31.0. The lowest BCUT2D eigenvalue weighted by molar-refractivity contribution is -0.119. The normalized spacial score (nSPS) is 15.0. The fourth-order valence-electron chi connectivity index (χ4n) is 7.22. The van der Waals surface area contributed by atoms with Gasteiger partial charge in [-0.05, 0) is 106 Å². The van der Waals surface area contributed by atoms with Crippen LogP contribution in [0.2, 0.25) is 0 Å². The number of likely N-dealkylation sites (N-methyl/N-ethyl adjacent to an activating group) is 1. The molecule has 12 heteroatoms. The molecule has 64 heavy (non-hydrogen) atoms.